The zero-order valence-electron chi connectivity index (χ0n) is 12.0. The topological polar surface area (TPSA) is 54.4 Å². The number of benzene rings is 1. The van der Waals surface area contributed by atoms with E-state index in [-0.39, 0.29) is 18.1 Å². The number of aromatic nitrogens is 1. The number of nitrogens with one attached hydrogen (secondary N) is 1. The summed E-state index contributed by atoms with van der Waals surface area (Å²) in [5.74, 6) is -0.429. The SMILES string of the molecule is O=C(Cc1csc(-c2ccc(F)cc2)n1)NN=C1CCCC1. The number of hydrogen-bond acceptors (Lipinski definition) is 4. The molecule has 1 heterocycles. The molecule has 1 aliphatic carbocycles. The van der Waals surface area contributed by atoms with E-state index >= 15 is 0 Å². The van der Waals surface area contributed by atoms with E-state index in [2.05, 4.69) is 15.5 Å². The number of carbonyl (C=O) groups excluding carboxylic acids is 1. The predicted octanol–water partition coefficient (Wildman–Crippen LogP) is 3.54. The normalized spacial score (nSPS) is 14.1. The Morgan fingerprint density at radius 2 is 2.00 bits per heavy atom. The van der Waals surface area contributed by atoms with Gasteiger partial charge in [-0.3, -0.25) is 4.79 Å². The van der Waals surface area contributed by atoms with E-state index in [4.69, 9.17) is 0 Å². The Balaban J connectivity index is 1.60. The van der Waals surface area contributed by atoms with Crippen LogP contribution in [0, 0.1) is 5.82 Å². The highest BCUT2D eigenvalue weighted by molar-refractivity contribution is 7.13. The molecule has 0 spiro atoms. The van der Waals surface area contributed by atoms with E-state index < -0.39 is 0 Å². The molecular weight excluding hydrogens is 301 g/mol. The van der Waals surface area contributed by atoms with Crippen molar-refractivity contribution in [3.8, 4) is 10.6 Å². The summed E-state index contributed by atoms with van der Waals surface area (Å²) in [7, 11) is 0. The first kappa shape index (κ1) is 14.8. The van der Waals surface area contributed by atoms with Gasteiger partial charge in [-0.05, 0) is 49.9 Å². The standard InChI is InChI=1S/C16H16FN3OS/c17-12-7-5-11(6-8-12)16-18-14(10-22-16)9-15(21)20-19-13-3-1-2-4-13/h5-8,10H,1-4,9H2,(H,20,21). The van der Waals surface area contributed by atoms with E-state index in [1.807, 2.05) is 5.38 Å². The quantitative estimate of drug-likeness (QED) is 0.877. The molecule has 4 nitrogen and oxygen atoms in total. The minimum absolute atomic E-state index is 0.157. The fourth-order valence-electron chi connectivity index (χ4n) is 2.35. The Morgan fingerprint density at radius 1 is 1.27 bits per heavy atom. The molecule has 0 bridgehead atoms. The van der Waals surface area contributed by atoms with E-state index in [0.717, 1.165) is 42.0 Å². The third-order valence-corrected chi connectivity index (χ3v) is 4.44. The van der Waals surface area contributed by atoms with Gasteiger partial charge in [0, 0.05) is 16.7 Å². The molecule has 0 aliphatic heterocycles. The molecule has 0 unspecified atom stereocenters. The molecule has 2 aromatic rings. The first-order valence-corrected chi connectivity index (χ1v) is 8.13. The van der Waals surface area contributed by atoms with Crippen LogP contribution in [0.4, 0.5) is 4.39 Å². The minimum atomic E-state index is -0.272. The lowest BCUT2D eigenvalue weighted by molar-refractivity contribution is -0.120. The molecule has 1 N–H and O–H groups in total. The number of thiazole rings is 1. The predicted molar refractivity (Wildman–Crippen MR) is 85.3 cm³/mol. The number of halogens is 1. The van der Waals surface area contributed by atoms with Crippen molar-refractivity contribution in [1.82, 2.24) is 10.4 Å². The summed E-state index contributed by atoms with van der Waals surface area (Å²) in [6.07, 6.45) is 4.47. The third kappa shape index (κ3) is 3.76. The first-order chi connectivity index (χ1) is 10.7. The van der Waals surface area contributed by atoms with Gasteiger partial charge in [-0.1, -0.05) is 0 Å². The molecular formula is C16H16FN3OS. The molecule has 114 valence electrons. The van der Waals surface area contributed by atoms with E-state index in [9.17, 15) is 9.18 Å². The Kier molecular flexibility index (Phi) is 4.58. The lowest BCUT2D eigenvalue weighted by Gasteiger charge is -1.99. The monoisotopic (exact) mass is 317 g/mol. The molecule has 1 aliphatic rings. The fraction of sp³-hybridized carbons (Fsp3) is 0.312. The maximum absolute atomic E-state index is 12.9. The number of amides is 1. The highest BCUT2D eigenvalue weighted by Gasteiger charge is 2.11. The number of nitrogens with zero attached hydrogens (tertiary/aromatic N) is 2. The van der Waals surface area contributed by atoms with Crippen LogP contribution in [0.15, 0.2) is 34.7 Å². The highest BCUT2D eigenvalue weighted by Crippen LogP contribution is 2.24. The van der Waals surface area contributed by atoms with Crippen molar-refractivity contribution in [2.45, 2.75) is 32.1 Å². The average Bonchev–Trinajstić information content (AvgIpc) is 3.17. The van der Waals surface area contributed by atoms with Crippen molar-refractivity contribution in [3.63, 3.8) is 0 Å². The second-order valence-corrected chi connectivity index (χ2v) is 6.11. The molecule has 0 radical (unpaired) electrons. The molecule has 0 atom stereocenters. The molecule has 1 saturated carbocycles. The average molecular weight is 317 g/mol. The van der Waals surface area contributed by atoms with Gasteiger partial charge in [0.1, 0.15) is 10.8 Å². The van der Waals surface area contributed by atoms with Crippen LogP contribution in [0.3, 0.4) is 0 Å². The molecule has 0 saturated heterocycles. The maximum Gasteiger partial charge on any atom is 0.246 e. The van der Waals surface area contributed by atoms with Crippen LogP contribution >= 0.6 is 11.3 Å². The van der Waals surface area contributed by atoms with Gasteiger partial charge < -0.3 is 0 Å². The van der Waals surface area contributed by atoms with Gasteiger partial charge in [-0.15, -0.1) is 11.3 Å². The molecule has 1 aromatic heterocycles. The zero-order valence-corrected chi connectivity index (χ0v) is 12.8. The summed E-state index contributed by atoms with van der Waals surface area (Å²) in [4.78, 5) is 16.3. The van der Waals surface area contributed by atoms with Crippen molar-refractivity contribution in [3.05, 3.63) is 41.2 Å². The summed E-state index contributed by atoms with van der Waals surface area (Å²) in [5.41, 5.74) is 5.22. The van der Waals surface area contributed by atoms with Gasteiger partial charge in [-0.25, -0.2) is 14.8 Å². The third-order valence-electron chi connectivity index (χ3n) is 3.50. The fourth-order valence-corrected chi connectivity index (χ4v) is 3.18. The zero-order chi connectivity index (χ0) is 15.4. The van der Waals surface area contributed by atoms with Crippen LogP contribution in [-0.4, -0.2) is 16.6 Å². The van der Waals surface area contributed by atoms with Crippen LogP contribution in [0.1, 0.15) is 31.4 Å². The molecule has 3 rings (SSSR count). The molecule has 6 heteroatoms. The Bertz CT molecular complexity index is 686. The van der Waals surface area contributed by atoms with Gasteiger partial charge >= 0.3 is 0 Å². The van der Waals surface area contributed by atoms with Crippen LogP contribution in [0.2, 0.25) is 0 Å². The van der Waals surface area contributed by atoms with Crippen molar-refractivity contribution in [2.24, 2.45) is 5.10 Å². The first-order valence-electron chi connectivity index (χ1n) is 7.25. The van der Waals surface area contributed by atoms with Crippen LogP contribution in [0.25, 0.3) is 10.6 Å². The number of hydrogen-bond donors (Lipinski definition) is 1. The van der Waals surface area contributed by atoms with Crippen LogP contribution in [-0.2, 0) is 11.2 Å². The van der Waals surface area contributed by atoms with Gasteiger partial charge in [0.25, 0.3) is 0 Å². The molecule has 1 fully saturated rings. The van der Waals surface area contributed by atoms with E-state index in [0.29, 0.717) is 5.69 Å². The number of hydrazone groups is 1. The van der Waals surface area contributed by atoms with E-state index in [1.54, 1.807) is 12.1 Å². The van der Waals surface area contributed by atoms with Crippen LogP contribution in [0.5, 0.6) is 0 Å². The summed E-state index contributed by atoms with van der Waals surface area (Å²) in [5, 5.41) is 6.78. The second-order valence-electron chi connectivity index (χ2n) is 5.25. The summed E-state index contributed by atoms with van der Waals surface area (Å²) < 4.78 is 12.9. The molecule has 1 aromatic carbocycles. The van der Waals surface area contributed by atoms with E-state index in [1.165, 1.54) is 23.5 Å². The number of rotatable bonds is 4. The minimum Gasteiger partial charge on any atom is -0.273 e. The second kappa shape index (κ2) is 6.79. The van der Waals surface area contributed by atoms with Gasteiger partial charge in [-0.2, -0.15) is 5.10 Å². The summed E-state index contributed by atoms with van der Waals surface area (Å²) in [6.45, 7) is 0. The summed E-state index contributed by atoms with van der Waals surface area (Å²) >= 11 is 1.44. The summed E-state index contributed by atoms with van der Waals surface area (Å²) in [6, 6.07) is 6.18. The smallest absolute Gasteiger partial charge is 0.246 e. The van der Waals surface area contributed by atoms with Crippen LogP contribution < -0.4 is 5.43 Å². The Hall–Kier alpha value is -2.08. The number of carbonyl (C=O) groups is 1. The van der Waals surface area contributed by atoms with Gasteiger partial charge in [0.05, 0.1) is 12.1 Å². The lowest BCUT2D eigenvalue weighted by Crippen LogP contribution is -2.21. The van der Waals surface area contributed by atoms with Crippen molar-refractivity contribution >= 4 is 23.0 Å². The maximum atomic E-state index is 12.9. The van der Waals surface area contributed by atoms with Crippen molar-refractivity contribution in [2.75, 3.05) is 0 Å². The van der Waals surface area contributed by atoms with Crippen molar-refractivity contribution < 1.29 is 9.18 Å². The Labute approximate surface area is 132 Å². The molecule has 22 heavy (non-hydrogen) atoms. The highest BCUT2D eigenvalue weighted by atomic mass is 32.1. The lowest BCUT2D eigenvalue weighted by atomic mass is 10.2. The van der Waals surface area contributed by atoms with Gasteiger partial charge in [0.15, 0.2) is 0 Å². The molecule has 1 amide bonds. The van der Waals surface area contributed by atoms with Gasteiger partial charge in [0.2, 0.25) is 5.91 Å². The largest absolute Gasteiger partial charge is 0.273 e. The van der Waals surface area contributed by atoms with Crippen molar-refractivity contribution in [1.29, 1.82) is 0 Å². The Morgan fingerprint density at radius 3 is 2.73 bits per heavy atom.